The highest BCUT2D eigenvalue weighted by molar-refractivity contribution is 5.98. The molecule has 0 radical (unpaired) electrons. The zero-order chi connectivity index (χ0) is 12.3. The van der Waals surface area contributed by atoms with Crippen molar-refractivity contribution < 1.29 is 5.21 Å². The zero-order valence-corrected chi connectivity index (χ0v) is 10.1. The largest absolute Gasteiger partial charge is 0.409 e. The highest BCUT2D eigenvalue weighted by Gasteiger charge is 2.23. The van der Waals surface area contributed by atoms with E-state index in [9.17, 15) is 0 Å². The van der Waals surface area contributed by atoms with Crippen molar-refractivity contribution in [1.82, 2.24) is 4.90 Å². The Morgan fingerprint density at radius 3 is 2.82 bits per heavy atom. The predicted molar refractivity (Wildman–Crippen MR) is 68.0 cm³/mol. The third-order valence-corrected chi connectivity index (χ3v) is 3.11. The number of nitrogens with two attached hydrogens (primary N) is 1. The Hall–Kier alpha value is -1.55. The predicted octanol–water partition coefficient (Wildman–Crippen LogP) is 1.62. The molecule has 4 heteroatoms. The van der Waals surface area contributed by atoms with Gasteiger partial charge < -0.3 is 15.8 Å². The summed E-state index contributed by atoms with van der Waals surface area (Å²) in [5, 5.41) is 11.8. The molecule has 1 aliphatic carbocycles. The van der Waals surface area contributed by atoms with E-state index in [0.29, 0.717) is 0 Å². The number of rotatable bonds is 5. The van der Waals surface area contributed by atoms with Gasteiger partial charge in [-0.3, -0.25) is 0 Å². The van der Waals surface area contributed by atoms with E-state index in [1.165, 1.54) is 12.8 Å². The maximum Gasteiger partial charge on any atom is 0.170 e. The summed E-state index contributed by atoms with van der Waals surface area (Å²) in [5.41, 5.74) is 7.59. The lowest BCUT2D eigenvalue weighted by Crippen LogP contribution is -2.23. The van der Waals surface area contributed by atoms with Crippen molar-refractivity contribution >= 4 is 5.84 Å². The van der Waals surface area contributed by atoms with Gasteiger partial charge in [0.15, 0.2) is 5.84 Å². The lowest BCUT2D eigenvalue weighted by molar-refractivity contribution is 0.311. The maximum atomic E-state index is 8.75. The molecule has 4 nitrogen and oxygen atoms in total. The minimum Gasteiger partial charge on any atom is -0.409 e. The van der Waals surface area contributed by atoms with Crippen LogP contribution in [0.5, 0.6) is 0 Å². The van der Waals surface area contributed by atoms with Gasteiger partial charge in [0.05, 0.1) is 0 Å². The number of nitrogens with zero attached hydrogens (tertiary/aromatic N) is 2. The molecule has 0 aromatic heterocycles. The Morgan fingerprint density at radius 2 is 2.18 bits per heavy atom. The lowest BCUT2D eigenvalue weighted by Gasteiger charge is -2.18. The van der Waals surface area contributed by atoms with E-state index in [1.807, 2.05) is 24.3 Å². The average Bonchev–Trinajstić information content (AvgIpc) is 3.12. The molecule has 0 atom stereocenters. The van der Waals surface area contributed by atoms with Crippen LogP contribution < -0.4 is 5.73 Å². The smallest absolute Gasteiger partial charge is 0.170 e. The van der Waals surface area contributed by atoms with Gasteiger partial charge in [-0.15, -0.1) is 0 Å². The second kappa shape index (κ2) is 5.19. The van der Waals surface area contributed by atoms with E-state index in [0.717, 1.165) is 30.1 Å². The molecular weight excluding hydrogens is 214 g/mol. The van der Waals surface area contributed by atoms with Gasteiger partial charge in [-0.25, -0.2) is 0 Å². The molecule has 1 aromatic rings. The van der Waals surface area contributed by atoms with Crippen molar-refractivity contribution in [3.63, 3.8) is 0 Å². The molecule has 1 fully saturated rings. The van der Waals surface area contributed by atoms with Crippen molar-refractivity contribution in [2.45, 2.75) is 19.4 Å². The minimum absolute atomic E-state index is 0.181. The molecule has 0 bridgehead atoms. The first-order valence-corrected chi connectivity index (χ1v) is 5.95. The zero-order valence-electron chi connectivity index (χ0n) is 10.1. The van der Waals surface area contributed by atoms with E-state index in [-0.39, 0.29) is 5.84 Å². The molecule has 1 aromatic carbocycles. The number of benzene rings is 1. The fourth-order valence-corrected chi connectivity index (χ4v) is 2.06. The van der Waals surface area contributed by atoms with Gasteiger partial charge in [-0.2, -0.15) is 0 Å². The Bertz CT molecular complexity index is 413. The number of amidine groups is 1. The standard InChI is InChI=1S/C13H19N3O/c1-16(8-10-6-7-10)9-11-4-2-3-5-12(11)13(14)15-17/h2-5,10,17H,6-9H2,1H3,(H2,14,15). The lowest BCUT2D eigenvalue weighted by atomic mass is 10.1. The Morgan fingerprint density at radius 1 is 1.47 bits per heavy atom. The molecule has 92 valence electrons. The third-order valence-electron chi connectivity index (χ3n) is 3.11. The van der Waals surface area contributed by atoms with Gasteiger partial charge in [-0.05, 0) is 31.4 Å². The van der Waals surface area contributed by atoms with Crippen molar-refractivity contribution in [2.24, 2.45) is 16.8 Å². The second-order valence-corrected chi connectivity index (χ2v) is 4.78. The van der Waals surface area contributed by atoms with Crippen LogP contribution in [0, 0.1) is 5.92 Å². The molecule has 2 rings (SSSR count). The molecule has 0 aliphatic heterocycles. The summed E-state index contributed by atoms with van der Waals surface area (Å²) in [6.07, 6.45) is 2.71. The summed E-state index contributed by atoms with van der Waals surface area (Å²) in [6.45, 7) is 1.97. The Labute approximate surface area is 102 Å². The molecule has 0 spiro atoms. The van der Waals surface area contributed by atoms with Gasteiger partial charge in [0.1, 0.15) is 0 Å². The normalized spacial score (nSPS) is 16.5. The first-order chi connectivity index (χ1) is 8.20. The number of hydrogen-bond donors (Lipinski definition) is 2. The monoisotopic (exact) mass is 233 g/mol. The molecule has 3 N–H and O–H groups in total. The molecule has 17 heavy (non-hydrogen) atoms. The Kier molecular flexibility index (Phi) is 3.64. The van der Waals surface area contributed by atoms with Crippen molar-refractivity contribution in [3.05, 3.63) is 35.4 Å². The number of oxime groups is 1. The number of hydrogen-bond acceptors (Lipinski definition) is 3. The van der Waals surface area contributed by atoms with E-state index < -0.39 is 0 Å². The fraction of sp³-hybridized carbons (Fsp3) is 0.462. The van der Waals surface area contributed by atoms with Gasteiger partial charge in [-0.1, -0.05) is 29.4 Å². The first kappa shape index (κ1) is 11.9. The second-order valence-electron chi connectivity index (χ2n) is 4.78. The molecule has 1 aliphatic rings. The van der Waals surface area contributed by atoms with E-state index >= 15 is 0 Å². The van der Waals surface area contributed by atoms with Crippen molar-refractivity contribution in [1.29, 1.82) is 0 Å². The highest BCUT2D eigenvalue weighted by Crippen LogP contribution is 2.29. The van der Waals surface area contributed by atoms with Crippen LogP contribution in [0.3, 0.4) is 0 Å². The van der Waals surface area contributed by atoms with Gasteiger partial charge in [0.25, 0.3) is 0 Å². The summed E-state index contributed by atoms with van der Waals surface area (Å²) in [4.78, 5) is 2.29. The van der Waals surface area contributed by atoms with Gasteiger partial charge in [0.2, 0.25) is 0 Å². The fourth-order valence-electron chi connectivity index (χ4n) is 2.06. The highest BCUT2D eigenvalue weighted by atomic mass is 16.4. The summed E-state index contributed by atoms with van der Waals surface area (Å²) >= 11 is 0. The van der Waals surface area contributed by atoms with Crippen LogP contribution in [0.2, 0.25) is 0 Å². The van der Waals surface area contributed by atoms with Crippen LogP contribution in [0.15, 0.2) is 29.4 Å². The van der Waals surface area contributed by atoms with Crippen LogP contribution in [0.4, 0.5) is 0 Å². The molecule has 0 heterocycles. The molecule has 1 saturated carbocycles. The van der Waals surface area contributed by atoms with Crippen LogP contribution in [-0.4, -0.2) is 29.5 Å². The minimum atomic E-state index is 0.181. The molecular formula is C13H19N3O. The topological polar surface area (TPSA) is 61.8 Å². The van der Waals surface area contributed by atoms with E-state index in [1.54, 1.807) is 0 Å². The van der Waals surface area contributed by atoms with Crippen LogP contribution in [0.1, 0.15) is 24.0 Å². The van der Waals surface area contributed by atoms with Crippen LogP contribution >= 0.6 is 0 Å². The summed E-state index contributed by atoms with van der Waals surface area (Å²) in [7, 11) is 2.11. The van der Waals surface area contributed by atoms with Crippen LogP contribution in [0.25, 0.3) is 0 Å². The van der Waals surface area contributed by atoms with Crippen molar-refractivity contribution in [2.75, 3.05) is 13.6 Å². The SMILES string of the molecule is CN(Cc1ccccc1/C(N)=N/O)CC1CC1. The molecule has 0 unspecified atom stereocenters. The third kappa shape index (κ3) is 3.20. The van der Waals surface area contributed by atoms with Crippen LogP contribution in [-0.2, 0) is 6.54 Å². The maximum absolute atomic E-state index is 8.75. The average molecular weight is 233 g/mol. The molecule has 0 saturated heterocycles. The first-order valence-electron chi connectivity index (χ1n) is 5.95. The van der Waals surface area contributed by atoms with E-state index in [4.69, 9.17) is 10.9 Å². The Balaban J connectivity index is 2.08. The summed E-state index contributed by atoms with van der Waals surface area (Å²) < 4.78 is 0. The van der Waals surface area contributed by atoms with Gasteiger partial charge >= 0.3 is 0 Å². The van der Waals surface area contributed by atoms with Gasteiger partial charge in [0, 0.05) is 18.7 Å². The quantitative estimate of drug-likeness (QED) is 0.351. The van der Waals surface area contributed by atoms with E-state index in [2.05, 4.69) is 17.1 Å². The van der Waals surface area contributed by atoms with Crippen molar-refractivity contribution in [3.8, 4) is 0 Å². The summed E-state index contributed by atoms with van der Waals surface area (Å²) in [5.74, 6) is 1.05. The molecule has 0 amide bonds. The summed E-state index contributed by atoms with van der Waals surface area (Å²) in [6, 6.07) is 7.79.